The van der Waals surface area contributed by atoms with Crippen LogP contribution in [0, 0.1) is 5.41 Å². The van der Waals surface area contributed by atoms with Crippen molar-refractivity contribution in [1.29, 1.82) is 0 Å². The number of carboxylic acid groups (broad SMARTS) is 1. The molecule has 1 aromatic heterocycles. The Morgan fingerprint density at radius 3 is 2.37 bits per heavy atom. The molecule has 1 atom stereocenters. The number of hydrogen-bond acceptors (Lipinski definition) is 6. The summed E-state index contributed by atoms with van der Waals surface area (Å²) in [6.45, 7) is 12.8. The van der Waals surface area contributed by atoms with Gasteiger partial charge in [-0.2, -0.15) is 0 Å². The third-order valence-electron chi connectivity index (χ3n) is 6.47. The van der Waals surface area contributed by atoms with Crippen molar-refractivity contribution < 1.29 is 28.9 Å². The summed E-state index contributed by atoms with van der Waals surface area (Å²) in [7, 11) is 1.57. The molecule has 1 aliphatic heterocycles. The van der Waals surface area contributed by atoms with Gasteiger partial charge in [-0.3, -0.25) is 4.79 Å². The van der Waals surface area contributed by atoms with Crippen LogP contribution in [-0.4, -0.2) is 47.6 Å². The molecule has 2 aromatic rings. The minimum atomic E-state index is -1.23. The summed E-state index contributed by atoms with van der Waals surface area (Å²) in [6, 6.07) is 5.18. The van der Waals surface area contributed by atoms with Gasteiger partial charge in [0, 0.05) is 30.4 Å². The molecule has 0 saturated carbocycles. The van der Waals surface area contributed by atoms with Crippen LogP contribution in [0.25, 0.3) is 11.3 Å². The van der Waals surface area contributed by atoms with Crippen LogP contribution in [0.5, 0.6) is 11.5 Å². The monoisotopic (exact) mass is 528 g/mol. The summed E-state index contributed by atoms with van der Waals surface area (Å²) >= 11 is 0. The lowest BCUT2D eigenvalue weighted by molar-refractivity contribution is 0.0526. The molecule has 1 amide bonds. The van der Waals surface area contributed by atoms with Gasteiger partial charge in [0.1, 0.15) is 11.2 Å². The van der Waals surface area contributed by atoms with Crippen LogP contribution < -0.4 is 20.2 Å². The molecule has 1 aliphatic rings. The third-order valence-corrected chi connectivity index (χ3v) is 6.47. The van der Waals surface area contributed by atoms with E-state index in [0.29, 0.717) is 36.8 Å². The lowest BCUT2D eigenvalue weighted by Gasteiger charge is -2.39. The Bertz CT molecular complexity index is 1240. The number of carboxylic acids is 1. The van der Waals surface area contributed by atoms with Gasteiger partial charge in [-0.15, -0.1) is 0 Å². The van der Waals surface area contributed by atoms with Gasteiger partial charge in [0.15, 0.2) is 16.9 Å². The minimum Gasteiger partial charge on any atom is -0.493 e. The molecule has 38 heavy (non-hydrogen) atoms. The largest absolute Gasteiger partial charge is 0.493 e. The molecule has 3 rings (SSSR count). The lowest BCUT2D eigenvalue weighted by Crippen LogP contribution is -2.33. The highest BCUT2D eigenvalue weighted by Crippen LogP contribution is 2.45. The highest BCUT2D eigenvalue weighted by Gasteiger charge is 2.34. The topological polar surface area (TPSA) is 116 Å². The van der Waals surface area contributed by atoms with E-state index in [-0.39, 0.29) is 17.0 Å². The molecule has 0 saturated heterocycles. The standard InChI is InChI=1S/C29H40N2O7/c1-28(2,3)25-14-18-13-24(37-12-10-8-9-11-30-27(35)38-29(4,5)6)23(36-7)15-19(18)21-16-22(32)20(26(33)34)17-31(21)25/h13,15-17,25H,8-12,14H2,1-7H3,(H,30,35)(H,33,34)/t25-/m1/s1. The Morgan fingerprint density at radius 2 is 1.76 bits per heavy atom. The van der Waals surface area contributed by atoms with Crippen molar-refractivity contribution in [3.8, 4) is 22.8 Å². The zero-order valence-corrected chi connectivity index (χ0v) is 23.5. The molecular weight excluding hydrogens is 488 g/mol. The second-order valence-electron chi connectivity index (χ2n) is 11.7. The fraction of sp³-hybridized carbons (Fsp3) is 0.552. The van der Waals surface area contributed by atoms with Crippen LogP contribution in [0.2, 0.25) is 0 Å². The van der Waals surface area contributed by atoms with Crippen molar-refractivity contribution in [2.45, 2.75) is 78.9 Å². The Labute approximate surface area is 224 Å². The number of amides is 1. The van der Waals surface area contributed by atoms with Gasteiger partial charge in [-0.1, -0.05) is 20.8 Å². The molecule has 2 heterocycles. The number of methoxy groups -OCH3 is 1. The number of benzene rings is 1. The molecule has 9 heteroatoms. The number of hydrogen-bond donors (Lipinski definition) is 2. The molecular formula is C29H40N2O7. The summed E-state index contributed by atoms with van der Waals surface area (Å²) in [4.78, 5) is 36.0. The van der Waals surface area contributed by atoms with E-state index in [2.05, 4.69) is 26.1 Å². The average molecular weight is 529 g/mol. The van der Waals surface area contributed by atoms with E-state index in [1.165, 1.54) is 12.3 Å². The Kier molecular flexibility index (Phi) is 8.79. The van der Waals surface area contributed by atoms with Crippen molar-refractivity contribution in [3.63, 3.8) is 0 Å². The predicted molar refractivity (Wildman–Crippen MR) is 145 cm³/mol. The fourth-order valence-corrected chi connectivity index (χ4v) is 4.59. The van der Waals surface area contributed by atoms with Crippen LogP contribution in [-0.2, 0) is 11.2 Å². The van der Waals surface area contributed by atoms with Crippen LogP contribution in [0.15, 0.2) is 29.2 Å². The van der Waals surface area contributed by atoms with Crippen molar-refractivity contribution in [3.05, 3.63) is 45.7 Å². The number of aromatic carboxylic acids is 1. The van der Waals surface area contributed by atoms with E-state index < -0.39 is 23.1 Å². The number of unbranched alkanes of at least 4 members (excludes halogenated alkanes) is 2. The van der Waals surface area contributed by atoms with Crippen molar-refractivity contribution in [2.75, 3.05) is 20.3 Å². The maximum atomic E-state index is 12.6. The molecule has 0 fully saturated rings. The number of pyridine rings is 1. The van der Waals surface area contributed by atoms with Gasteiger partial charge >= 0.3 is 12.1 Å². The molecule has 9 nitrogen and oxygen atoms in total. The van der Waals surface area contributed by atoms with Crippen LogP contribution in [0.1, 0.15) is 82.8 Å². The lowest BCUT2D eigenvalue weighted by atomic mass is 9.78. The van der Waals surface area contributed by atoms with Crippen molar-refractivity contribution >= 4 is 12.1 Å². The molecule has 1 aromatic carbocycles. The first-order valence-electron chi connectivity index (χ1n) is 13.0. The first kappa shape index (κ1) is 29.1. The number of ether oxygens (including phenoxy) is 3. The van der Waals surface area contributed by atoms with E-state index in [9.17, 15) is 19.5 Å². The first-order chi connectivity index (χ1) is 17.7. The maximum Gasteiger partial charge on any atom is 0.407 e. The van der Waals surface area contributed by atoms with Gasteiger partial charge in [0.05, 0.1) is 19.4 Å². The molecule has 0 aliphatic carbocycles. The fourth-order valence-electron chi connectivity index (χ4n) is 4.59. The Balaban J connectivity index is 1.73. The number of nitrogens with zero attached hydrogens (tertiary/aromatic N) is 1. The van der Waals surface area contributed by atoms with E-state index >= 15 is 0 Å². The van der Waals surface area contributed by atoms with Gasteiger partial charge in [-0.25, -0.2) is 9.59 Å². The normalized spacial score (nSPS) is 14.8. The zero-order valence-electron chi connectivity index (χ0n) is 23.5. The number of fused-ring (bicyclic) bond motifs is 3. The second-order valence-corrected chi connectivity index (χ2v) is 11.7. The number of alkyl carbamates (subject to hydrolysis) is 1. The first-order valence-corrected chi connectivity index (χ1v) is 13.0. The molecule has 0 spiro atoms. The second kappa shape index (κ2) is 11.5. The number of rotatable bonds is 9. The third kappa shape index (κ3) is 7.08. The molecule has 0 radical (unpaired) electrons. The minimum absolute atomic E-state index is 0.0533. The predicted octanol–water partition coefficient (Wildman–Crippen LogP) is 5.44. The molecule has 0 bridgehead atoms. The van der Waals surface area contributed by atoms with Crippen LogP contribution in [0.3, 0.4) is 0 Å². The highest BCUT2D eigenvalue weighted by atomic mass is 16.6. The summed E-state index contributed by atoms with van der Waals surface area (Å²) in [5.41, 5.74) is 1.05. The van der Waals surface area contributed by atoms with Gasteiger partial charge in [-0.05, 0) is 69.6 Å². The van der Waals surface area contributed by atoms with E-state index in [1.807, 2.05) is 37.5 Å². The number of carbonyl (C=O) groups excluding carboxylic acids is 1. The summed E-state index contributed by atoms with van der Waals surface area (Å²) in [6.07, 6.45) is 4.19. The summed E-state index contributed by atoms with van der Waals surface area (Å²) in [5, 5.41) is 12.3. The SMILES string of the molecule is COc1cc2c(cc1OCCCCCNC(=O)OC(C)(C)C)C[C@H](C(C)(C)C)n1cc(C(=O)O)c(=O)cc1-2. The van der Waals surface area contributed by atoms with E-state index in [0.717, 1.165) is 30.4 Å². The van der Waals surface area contributed by atoms with Crippen molar-refractivity contribution in [2.24, 2.45) is 5.41 Å². The van der Waals surface area contributed by atoms with Gasteiger partial charge in [0.25, 0.3) is 0 Å². The summed E-state index contributed by atoms with van der Waals surface area (Å²) in [5.74, 6) is -0.0553. The Morgan fingerprint density at radius 1 is 1.05 bits per heavy atom. The number of aromatic nitrogens is 1. The molecule has 2 N–H and O–H groups in total. The van der Waals surface area contributed by atoms with E-state index in [4.69, 9.17) is 14.2 Å². The molecule has 208 valence electrons. The number of nitrogens with one attached hydrogen (secondary N) is 1. The number of carbonyl (C=O) groups is 2. The summed E-state index contributed by atoms with van der Waals surface area (Å²) < 4.78 is 18.8. The van der Waals surface area contributed by atoms with Crippen molar-refractivity contribution in [1.82, 2.24) is 9.88 Å². The molecule has 0 unspecified atom stereocenters. The quantitative estimate of drug-likeness (QED) is 0.416. The van der Waals surface area contributed by atoms with Gasteiger partial charge in [0.2, 0.25) is 0 Å². The van der Waals surface area contributed by atoms with E-state index in [1.54, 1.807) is 7.11 Å². The van der Waals surface area contributed by atoms with Crippen LogP contribution >= 0.6 is 0 Å². The average Bonchev–Trinajstić information content (AvgIpc) is 2.80. The zero-order chi connectivity index (χ0) is 28.3. The maximum absolute atomic E-state index is 12.6. The van der Waals surface area contributed by atoms with Gasteiger partial charge < -0.3 is 29.2 Å². The highest BCUT2D eigenvalue weighted by molar-refractivity contribution is 5.88. The Hall–Kier alpha value is -3.49. The van der Waals surface area contributed by atoms with Crippen LogP contribution in [0.4, 0.5) is 4.79 Å². The smallest absolute Gasteiger partial charge is 0.407 e.